The number of piperazine rings is 1. The number of aromatic nitrogens is 2. The summed E-state index contributed by atoms with van der Waals surface area (Å²) >= 11 is 0. The number of nitrogens with one attached hydrogen (secondary N) is 1. The van der Waals surface area contributed by atoms with E-state index in [0.29, 0.717) is 17.5 Å². The zero-order valence-corrected chi connectivity index (χ0v) is 16.3. The molecule has 7 heteroatoms. The predicted octanol–water partition coefficient (Wildman–Crippen LogP) is 4.31. The molecular weight excluding hydrogens is 372 g/mol. The molecular formula is C22H23F2N5. The number of rotatable bonds is 5. The highest BCUT2D eigenvalue weighted by Crippen LogP contribution is 2.27. The molecule has 0 saturated carbocycles. The lowest BCUT2D eigenvalue weighted by molar-refractivity contribution is 0.270. The average molecular weight is 395 g/mol. The van der Waals surface area contributed by atoms with Crippen molar-refractivity contribution in [3.8, 4) is 11.3 Å². The number of anilines is 3. The molecule has 1 aromatic heterocycles. The van der Waals surface area contributed by atoms with E-state index >= 15 is 0 Å². The van der Waals surface area contributed by atoms with Gasteiger partial charge in [0.1, 0.15) is 23.1 Å². The Morgan fingerprint density at radius 1 is 0.897 bits per heavy atom. The van der Waals surface area contributed by atoms with Gasteiger partial charge >= 0.3 is 0 Å². The van der Waals surface area contributed by atoms with Crippen molar-refractivity contribution >= 4 is 17.5 Å². The van der Waals surface area contributed by atoms with Crippen LogP contribution in [0.1, 0.15) is 6.92 Å². The van der Waals surface area contributed by atoms with E-state index in [1.807, 2.05) is 30.3 Å². The molecule has 0 aliphatic carbocycles. The maximum atomic E-state index is 14.1. The van der Waals surface area contributed by atoms with Crippen LogP contribution in [0.25, 0.3) is 11.3 Å². The number of halogens is 2. The van der Waals surface area contributed by atoms with E-state index in [1.165, 1.54) is 18.2 Å². The Kier molecular flexibility index (Phi) is 5.67. The normalized spacial score (nSPS) is 14.8. The molecule has 2 heterocycles. The Morgan fingerprint density at radius 2 is 1.59 bits per heavy atom. The van der Waals surface area contributed by atoms with Crippen LogP contribution in [-0.2, 0) is 0 Å². The van der Waals surface area contributed by atoms with Crippen LogP contribution in [0.15, 0.2) is 54.6 Å². The third kappa shape index (κ3) is 4.35. The molecule has 1 aliphatic heterocycles. The second-order valence-electron chi connectivity index (χ2n) is 6.95. The lowest BCUT2D eigenvalue weighted by atomic mass is 10.1. The molecule has 0 atom stereocenters. The Morgan fingerprint density at radius 3 is 2.24 bits per heavy atom. The Hall–Kier alpha value is -3.06. The lowest BCUT2D eigenvalue weighted by Crippen LogP contribution is -2.46. The van der Waals surface area contributed by atoms with Crippen molar-refractivity contribution in [2.45, 2.75) is 6.92 Å². The van der Waals surface area contributed by atoms with Gasteiger partial charge in [0.2, 0.25) is 5.95 Å². The summed E-state index contributed by atoms with van der Waals surface area (Å²) in [4.78, 5) is 13.8. The van der Waals surface area contributed by atoms with Crippen LogP contribution < -0.4 is 10.2 Å². The van der Waals surface area contributed by atoms with Crippen LogP contribution in [0.4, 0.5) is 26.2 Å². The fraction of sp³-hybridized carbons (Fsp3) is 0.273. The number of hydrogen-bond acceptors (Lipinski definition) is 5. The van der Waals surface area contributed by atoms with Gasteiger partial charge in [0.25, 0.3) is 0 Å². The Balaban J connectivity index is 1.71. The fourth-order valence-electron chi connectivity index (χ4n) is 3.41. The van der Waals surface area contributed by atoms with Crippen molar-refractivity contribution in [1.29, 1.82) is 0 Å². The molecule has 0 radical (unpaired) electrons. The van der Waals surface area contributed by atoms with Gasteiger partial charge < -0.3 is 15.1 Å². The van der Waals surface area contributed by atoms with E-state index in [2.05, 4.69) is 27.0 Å². The van der Waals surface area contributed by atoms with Crippen molar-refractivity contribution in [2.24, 2.45) is 0 Å². The van der Waals surface area contributed by atoms with Crippen LogP contribution in [0.5, 0.6) is 0 Å². The molecule has 1 saturated heterocycles. The first-order chi connectivity index (χ1) is 14.1. The second kappa shape index (κ2) is 8.53. The number of para-hydroxylation sites is 1. The highest BCUT2D eigenvalue weighted by molar-refractivity contribution is 5.68. The molecule has 0 amide bonds. The second-order valence-corrected chi connectivity index (χ2v) is 6.95. The van der Waals surface area contributed by atoms with Crippen molar-refractivity contribution in [1.82, 2.24) is 14.9 Å². The molecule has 5 nitrogen and oxygen atoms in total. The Bertz CT molecular complexity index is 952. The van der Waals surface area contributed by atoms with E-state index in [0.717, 1.165) is 38.3 Å². The van der Waals surface area contributed by atoms with Gasteiger partial charge in [-0.2, -0.15) is 4.98 Å². The third-order valence-corrected chi connectivity index (χ3v) is 5.10. The van der Waals surface area contributed by atoms with Crippen LogP contribution in [0, 0.1) is 11.6 Å². The number of nitrogens with zero attached hydrogens (tertiary/aromatic N) is 4. The molecule has 3 aromatic rings. The van der Waals surface area contributed by atoms with E-state index < -0.39 is 11.6 Å². The number of likely N-dealkylation sites (N-methyl/N-ethyl adjacent to an activating group) is 1. The van der Waals surface area contributed by atoms with Crippen molar-refractivity contribution in [3.05, 3.63) is 66.2 Å². The zero-order valence-electron chi connectivity index (χ0n) is 16.3. The smallest absolute Gasteiger partial charge is 0.227 e. The van der Waals surface area contributed by atoms with Crippen molar-refractivity contribution in [2.75, 3.05) is 42.9 Å². The molecule has 0 bridgehead atoms. The Labute approximate surface area is 169 Å². The largest absolute Gasteiger partial charge is 0.338 e. The van der Waals surface area contributed by atoms with Crippen LogP contribution in [0.3, 0.4) is 0 Å². The van der Waals surface area contributed by atoms with Crippen molar-refractivity contribution < 1.29 is 8.78 Å². The van der Waals surface area contributed by atoms with E-state index in [1.54, 1.807) is 6.07 Å². The first kappa shape index (κ1) is 19.3. The summed E-state index contributed by atoms with van der Waals surface area (Å²) in [5.41, 5.74) is 1.40. The summed E-state index contributed by atoms with van der Waals surface area (Å²) in [7, 11) is 0. The van der Waals surface area contributed by atoms with Gasteiger partial charge in [-0.05, 0) is 18.7 Å². The minimum atomic E-state index is -0.664. The average Bonchev–Trinajstić information content (AvgIpc) is 2.77. The predicted molar refractivity (Wildman–Crippen MR) is 111 cm³/mol. The summed E-state index contributed by atoms with van der Waals surface area (Å²) in [6.07, 6.45) is 0. The van der Waals surface area contributed by atoms with Gasteiger partial charge in [0, 0.05) is 37.8 Å². The third-order valence-electron chi connectivity index (χ3n) is 5.10. The monoisotopic (exact) mass is 395 g/mol. The molecule has 1 aliphatic rings. The molecule has 2 aromatic carbocycles. The van der Waals surface area contributed by atoms with Gasteiger partial charge in [-0.25, -0.2) is 13.8 Å². The van der Waals surface area contributed by atoms with Crippen molar-refractivity contribution in [3.63, 3.8) is 0 Å². The highest BCUT2D eigenvalue weighted by atomic mass is 19.1. The van der Waals surface area contributed by atoms with E-state index in [9.17, 15) is 8.78 Å². The molecule has 0 unspecified atom stereocenters. The van der Waals surface area contributed by atoms with Gasteiger partial charge in [0.05, 0.1) is 5.69 Å². The first-order valence-electron chi connectivity index (χ1n) is 9.77. The molecule has 0 spiro atoms. The van der Waals surface area contributed by atoms with E-state index in [-0.39, 0.29) is 5.69 Å². The maximum Gasteiger partial charge on any atom is 0.227 e. The van der Waals surface area contributed by atoms with Crippen LogP contribution in [0.2, 0.25) is 0 Å². The summed E-state index contributed by atoms with van der Waals surface area (Å²) < 4.78 is 28.3. The summed E-state index contributed by atoms with van der Waals surface area (Å²) in [6, 6.07) is 15.2. The molecule has 150 valence electrons. The van der Waals surface area contributed by atoms with Crippen LogP contribution >= 0.6 is 0 Å². The van der Waals surface area contributed by atoms with Gasteiger partial charge in [-0.3, -0.25) is 0 Å². The SMILES string of the molecule is CCN1CCN(c2nc(Nc3c(F)cccc3F)cc(-c3ccccc3)n2)CC1. The summed E-state index contributed by atoms with van der Waals surface area (Å²) in [6.45, 7) is 6.63. The molecule has 1 N–H and O–H groups in total. The topological polar surface area (TPSA) is 44.3 Å². The first-order valence-corrected chi connectivity index (χ1v) is 9.77. The molecule has 29 heavy (non-hydrogen) atoms. The van der Waals surface area contributed by atoms with Gasteiger partial charge in [-0.1, -0.05) is 43.3 Å². The minimum Gasteiger partial charge on any atom is -0.338 e. The summed E-state index contributed by atoms with van der Waals surface area (Å²) in [5, 5.41) is 2.81. The van der Waals surface area contributed by atoms with Gasteiger partial charge in [0.15, 0.2) is 0 Å². The van der Waals surface area contributed by atoms with Gasteiger partial charge in [-0.15, -0.1) is 0 Å². The minimum absolute atomic E-state index is 0.216. The maximum absolute atomic E-state index is 14.1. The fourth-order valence-corrected chi connectivity index (χ4v) is 3.41. The molecule has 1 fully saturated rings. The number of hydrogen-bond donors (Lipinski definition) is 1. The number of benzene rings is 2. The highest BCUT2D eigenvalue weighted by Gasteiger charge is 2.20. The standard InChI is InChI=1S/C22H23F2N5/c1-2-28-11-13-29(14-12-28)22-25-19(16-7-4-3-5-8-16)15-20(27-22)26-21-17(23)9-6-10-18(21)24/h3-10,15H,2,11-14H2,1H3,(H,25,26,27). The summed E-state index contributed by atoms with van der Waals surface area (Å²) in [5.74, 6) is -0.414. The zero-order chi connectivity index (χ0) is 20.2. The lowest BCUT2D eigenvalue weighted by Gasteiger charge is -2.34. The quantitative estimate of drug-likeness (QED) is 0.698. The van der Waals surface area contributed by atoms with E-state index in [4.69, 9.17) is 4.98 Å². The van der Waals surface area contributed by atoms with Crippen LogP contribution in [-0.4, -0.2) is 47.6 Å². The molecule has 4 rings (SSSR count).